The first-order chi connectivity index (χ1) is 11.1. The molecule has 1 atom stereocenters. The van der Waals surface area contributed by atoms with Gasteiger partial charge in [0.2, 0.25) is 0 Å². The van der Waals surface area contributed by atoms with Crippen molar-refractivity contribution in [3.63, 3.8) is 0 Å². The van der Waals surface area contributed by atoms with Crippen molar-refractivity contribution in [3.8, 4) is 0 Å². The summed E-state index contributed by atoms with van der Waals surface area (Å²) in [6.07, 6.45) is 3.83. The molecule has 1 unspecified atom stereocenters. The zero-order chi connectivity index (χ0) is 17.1. The van der Waals surface area contributed by atoms with Crippen LogP contribution in [0, 0.1) is 5.92 Å². The lowest BCUT2D eigenvalue weighted by Gasteiger charge is -2.25. The van der Waals surface area contributed by atoms with E-state index in [1.807, 2.05) is 7.05 Å². The summed E-state index contributed by atoms with van der Waals surface area (Å²) in [6.45, 7) is 15.8. The van der Waals surface area contributed by atoms with E-state index in [1.54, 1.807) is 0 Å². The van der Waals surface area contributed by atoms with Gasteiger partial charge in [0.05, 0.1) is 0 Å². The van der Waals surface area contributed by atoms with Crippen LogP contribution in [0.15, 0.2) is 4.99 Å². The molecule has 0 amide bonds. The molecule has 1 heterocycles. The van der Waals surface area contributed by atoms with Gasteiger partial charge in [-0.15, -0.1) is 24.0 Å². The highest BCUT2D eigenvalue weighted by Crippen LogP contribution is 2.17. The lowest BCUT2D eigenvalue weighted by atomic mass is 10.1. The van der Waals surface area contributed by atoms with Crippen molar-refractivity contribution >= 4 is 29.9 Å². The second-order valence-electron chi connectivity index (χ2n) is 6.72. The molecule has 0 aromatic carbocycles. The van der Waals surface area contributed by atoms with E-state index < -0.39 is 0 Å². The Bertz CT molecular complexity index is 333. The fourth-order valence-corrected chi connectivity index (χ4v) is 3.25. The van der Waals surface area contributed by atoms with E-state index in [0.29, 0.717) is 0 Å². The van der Waals surface area contributed by atoms with Crippen LogP contribution >= 0.6 is 24.0 Å². The Morgan fingerprint density at radius 3 is 2.50 bits per heavy atom. The summed E-state index contributed by atoms with van der Waals surface area (Å²) >= 11 is 0. The van der Waals surface area contributed by atoms with Gasteiger partial charge in [-0.25, -0.2) is 0 Å². The third-order valence-corrected chi connectivity index (χ3v) is 4.88. The third kappa shape index (κ3) is 8.85. The Balaban J connectivity index is 0.00000529. The smallest absolute Gasteiger partial charge is 0.193 e. The lowest BCUT2D eigenvalue weighted by molar-refractivity contribution is 0.255. The van der Waals surface area contributed by atoms with Crippen LogP contribution in [0.3, 0.4) is 0 Å². The first-order valence-electron chi connectivity index (χ1n) is 9.50. The number of nitrogens with zero attached hydrogens (tertiary/aromatic N) is 4. The maximum atomic E-state index is 4.48. The summed E-state index contributed by atoms with van der Waals surface area (Å²) in [7, 11) is 4.11. The fourth-order valence-electron chi connectivity index (χ4n) is 3.25. The van der Waals surface area contributed by atoms with E-state index in [0.717, 1.165) is 51.1 Å². The Morgan fingerprint density at radius 2 is 1.92 bits per heavy atom. The number of nitrogens with one attached hydrogen (secondary N) is 1. The number of unbranched alkanes of at least 4 members (excludes halogenated alkanes) is 1. The fraction of sp³-hybridized carbons (Fsp3) is 0.944. The molecule has 6 heteroatoms. The Kier molecular flexibility index (Phi) is 14.1. The van der Waals surface area contributed by atoms with Crippen molar-refractivity contribution in [1.29, 1.82) is 0 Å². The molecule has 1 N–H and O–H groups in total. The van der Waals surface area contributed by atoms with E-state index in [1.165, 1.54) is 32.4 Å². The number of aliphatic imine (C=N–C) groups is 1. The molecule has 0 radical (unpaired) electrons. The standard InChI is InChI=1S/C18H39N5.HI/c1-6-9-12-21(5)14-11-20-18(19-4)23-13-10-17(16-23)15-22(7-2)8-3;/h17H,6-16H2,1-5H3,(H,19,20);1H. The monoisotopic (exact) mass is 453 g/mol. The van der Waals surface area contributed by atoms with E-state index in [-0.39, 0.29) is 24.0 Å². The molecular weight excluding hydrogens is 413 g/mol. The number of rotatable bonds is 10. The van der Waals surface area contributed by atoms with Crippen LogP contribution in [0.4, 0.5) is 0 Å². The first kappa shape index (κ1) is 23.9. The Hall–Kier alpha value is -0.0800. The van der Waals surface area contributed by atoms with E-state index in [2.05, 4.69) is 52.8 Å². The van der Waals surface area contributed by atoms with Gasteiger partial charge in [-0.1, -0.05) is 27.2 Å². The molecule has 1 aliphatic heterocycles. The van der Waals surface area contributed by atoms with Gasteiger partial charge in [-0.05, 0) is 45.4 Å². The molecule has 0 spiro atoms. The van der Waals surface area contributed by atoms with Crippen LogP contribution in [0.5, 0.6) is 0 Å². The van der Waals surface area contributed by atoms with Crippen molar-refractivity contribution in [2.24, 2.45) is 10.9 Å². The van der Waals surface area contributed by atoms with E-state index in [4.69, 9.17) is 0 Å². The zero-order valence-electron chi connectivity index (χ0n) is 16.6. The average Bonchev–Trinajstić information content (AvgIpc) is 3.03. The number of likely N-dealkylation sites (N-methyl/N-ethyl adjacent to an activating group) is 1. The molecule has 0 bridgehead atoms. The van der Waals surface area contributed by atoms with Crippen LogP contribution in [0.25, 0.3) is 0 Å². The first-order valence-corrected chi connectivity index (χ1v) is 9.50. The van der Waals surface area contributed by atoms with Gasteiger partial charge in [-0.3, -0.25) is 4.99 Å². The Labute approximate surface area is 167 Å². The van der Waals surface area contributed by atoms with Gasteiger partial charge in [0, 0.05) is 39.8 Å². The molecular formula is C18H40IN5. The van der Waals surface area contributed by atoms with Crippen molar-refractivity contribution in [2.75, 3.05) is 66.5 Å². The maximum absolute atomic E-state index is 4.48. The largest absolute Gasteiger partial charge is 0.355 e. The average molecular weight is 453 g/mol. The normalized spacial score (nSPS) is 18.4. The summed E-state index contributed by atoms with van der Waals surface area (Å²) in [5.74, 6) is 1.86. The number of guanidine groups is 1. The molecule has 5 nitrogen and oxygen atoms in total. The van der Waals surface area contributed by atoms with Gasteiger partial charge < -0.3 is 20.0 Å². The van der Waals surface area contributed by atoms with Crippen LogP contribution in [0.1, 0.15) is 40.0 Å². The predicted molar refractivity (Wildman–Crippen MR) is 117 cm³/mol. The molecule has 0 aliphatic carbocycles. The molecule has 1 saturated heterocycles. The molecule has 0 saturated carbocycles. The summed E-state index contributed by atoms with van der Waals surface area (Å²) in [4.78, 5) is 11.8. The van der Waals surface area contributed by atoms with Crippen LogP contribution in [0.2, 0.25) is 0 Å². The summed E-state index contributed by atoms with van der Waals surface area (Å²) in [6, 6.07) is 0. The topological polar surface area (TPSA) is 34.1 Å². The number of hydrogen-bond donors (Lipinski definition) is 1. The van der Waals surface area contributed by atoms with Crippen molar-refractivity contribution in [1.82, 2.24) is 20.0 Å². The SMILES string of the molecule is CCCCN(C)CCNC(=NC)N1CCC(CN(CC)CC)C1.I. The van der Waals surface area contributed by atoms with E-state index >= 15 is 0 Å². The van der Waals surface area contributed by atoms with Gasteiger partial charge in [0.25, 0.3) is 0 Å². The molecule has 1 rings (SSSR count). The van der Waals surface area contributed by atoms with Crippen LogP contribution in [-0.2, 0) is 0 Å². The van der Waals surface area contributed by atoms with Crippen molar-refractivity contribution in [2.45, 2.75) is 40.0 Å². The minimum atomic E-state index is 0. The number of halogens is 1. The summed E-state index contributed by atoms with van der Waals surface area (Å²) in [5, 5.41) is 3.54. The summed E-state index contributed by atoms with van der Waals surface area (Å²) in [5.41, 5.74) is 0. The molecule has 24 heavy (non-hydrogen) atoms. The predicted octanol–water partition coefficient (Wildman–Crippen LogP) is 2.58. The van der Waals surface area contributed by atoms with Crippen LogP contribution in [-0.4, -0.2) is 87.1 Å². The van der Waals surface area contributed by atoms with Crippen LogP contribution < -0.4 is 5.32 Å². The second-order valence-corrected chi connectivity index (χ2v) is 6.72. The third-order valence-electron chi connectivity index (χ3n) is 4.88. The molecule has 144 valence electrons. The minimum absolute atomic E-state index is 0. The highest BCUT2D eigenvalue weighted by atomic mass is 127. The molecule has 0 aromatic rings. The van der Waals surface area contributed by atoms with Gasteiger partial charge in [0.1, 0.15) is 0 Å². The number of hydrogen-bond acceptors (Lipinski definition) is 3. The molecule has 0 aromatic heterocycles. The zero-order valence-corrected chi connectivity index (χ0v) is 18.9. The van der Waals surface area contributed by atoms with Crippen molar-refractivity contribution < 1.29 is 0 Å². The maximum Gasteiger partial charge on any atom is 0.193 e. The second kappa shape index (κ2) is 14.1. The quantitative estimate of drug-likeness (QED) is 0.313. The highest BCUT2D eigenvalue weighted by molar-refractivity contribution is 14.0. The Morgan fingerprint density at radius 1 is 1.21 bits per heavy atom. The molecule has 1 aliphatic rings. The van der Waals surface area contributed by atoms with Gasteiger partial charge in [-0.2, -0.15) is 0 Å². The summed E-state index contributed by atoms with van der Waals surface area (Å²) < 4.78 is 0. The van der Waals surface area contributed by atoms with E-state index in [9.17, 15) is 0 Å². The highest BCUT2D eigenvalue weighted by Gasteiger charge is 2.25. The molecule has 1 fully saturated rings. The lowest BCUT2D eigenvalue weighted by Crippen LogP contribution is -2.43. The van der Waals surface area contributed by atoms with Crippen molar-refractivity contribution in [3.05, 3.63) is 0 Å². The number of likely N-dealkylation sites (tertiary alicyclic amines) is 1. The minimum Gasteiger partial charge on any atom is -0.355 e. The van der Waals surface area contributed by atoms with Gasteiger partial charge >= 0.3 is 0 Å². The van der Waals surface area contributed by atoms with Gasteiger partial charge in [0.15, 0.2) is 5.96 Å².